The van der Waals surface area contributed by atoms with Crippen LogP contribution in [-0.4, -0.2) is 37.1 Å². The third kappa shape index (κ3) is 4.61. The maximum Gasteiger partial charge on any atom is 0.270 e. The van der Waals surface area contributed by atoms with Gasteiger partial charge in [0, 0.05) is 30.4 Å². The van der Waals surface area contributed by atoms with Gasteiger partial charge in [-0.3, -0.25) is 19.8 Å². The zero-order valence-electron chi connectivity index (χ0n) is 18.3. The SMILES string of the molecule is CCc1ccc(N2C(=O)C(=Cc3ccc(N(CC)CC)cc3OC)C(=O)NC2=S)cc1. The number of anilines is 2. The van der Waals surface area contributed by atoms with Gasteiger partial charge in [0.25, 0.3) is 11.8 Å². The molecule has 7 heteroatoms. The topological polar surface area (TPSA) is 61.9 Å². The van der Waals surface area contributed by atoms with Gasteiger partial charge >= 0.3 is 0 Å². The second-order valence-corrected chi connectivity index (χ2v) is 7.46. The van der Waals surface area contributed by atoms with E-state index in [4.69, 9.17) is 17.0 Å². The lowest BCUT2D eigenvalue weighted by Gasteiger charge is -2.29. The summed E-state index contributed by atoms with van der Waals surface area (Å²) < 4.78 is 5.54. The van der Waals surface area contributed by atoms with Crippen LogP contribution in [0.25, 0.3) is 6.08 Å². The van der Waals surface area contributed by atoms with Crippen molar-refractivity contribution in [1.29, 1.82) is 0 Å². The molecule has 1 heterocycles. The fraction of sp³-hybridized carbons (Fsp3) is 0.292. The number of amides is 2. The number of carbonyl (C=O) groups excluding carboxylic acids is 2. The zero-order valence-corrected chi connectivity index (χ0v) is 19.1. The van der Waals surface area contributed by atoms with Crippen molar-refractivity contribution in [3.63, 3.8) is 0 Å². The van der Waals surface area contributed by atoms with Crippen LogP contribution in [0, 0.1) is 0 Å². The third-order valence-electron chi connectivity index (χ3n) is 5.35. The first-order valence-corrected chi connectivity index (χ1v) is 10.8. The second kappa shape index (κ2) is 9.75. The van der Waals surface area contributed by atoms with E-state index in [1.54, 1.807) is 13.2 Å². The zero-order chi connectivity index (χ0) is 22.5. The average Bonchev–Trinajstić information content (AvgIpc) is 2.78. The molecular weight excluding hydrogens is 410 g/mol. The lowest BCUT2D eigenvalue weighted by Crippen LogP contribution is -2.54. The monoisotopic (exact) mass is 437 g/mol. The summed E-state index contributed by atoms with van der Waals surface area (Å²) in [6.45, 7) is 7.96. The Bertz CT molecular complexity index is 1030. The molecule has 0 spiro atoms. The van der Waals surface area contributed by atoms with Crippen molar-refractivity contribution in [2.24, 2.45) is 0 Å². The summed E-state index contributed by atoms with van der Waals surface area (Å²) in [5, 5.41) is 2.69. The Morgan fingerprint density at radius 2 is 1.74 bits per heavy atom. The second-order valence-electron chi connectivity index (χ2n) is 7.08. The molecule has 1 N–H and O–H groups in total. The predicted molar refractivity (Wildman–Crippen MR) is 129 cm³/mol. The van der Waals surface area contributed by atoms with Crippen LogP contribution in [0.2, 0.25) is 0 Å². The molecule has 1 aliphatic rings. The molecule has 6 nitrogen and oxygen atoms in total. The van der Waals surface area contributed by atoms with Crippen molar-refractivity contribution in [3.8, 4) is 5.75 Å². The number of thiocarbonyl (C=S) groups is 1. The van der Waals surface area contributed by atoms with Gasteiger partial charge in [-0.25, -0.2) is 0 Å². The number of nitrogens with one attached hydrogen (secondary N) is 1. The molecule has 0 radical (unpaired) electrons. The summed E-state index contributed by atoms with van der Waals surface area (Å²) in [6, 6.07) is 13.3. The Labute approximate surface area is 188 Å². The molecule has 0 unspecified atom stereocenters. The minimum atomic E-state index is -0.522. The highest BCUT2D eigenvalue weighted by molar-refractivity contribution is 7.80. The fourth-order valence-electron chi connectivity index (χ4n) is 3.53. The normalized spacial score (nSPS) is 15.3. The fourth-order valence-corrected chi connectivity index (χ4v) is 3.81. The number of hydrogen-bond acceptors (Lipinski definition) is 5. The number of rotatable bonds is 7. The van der Waals surface area contributed by atoms with E-state index in [2.05, 4.69) is 31.0 Å². The van der Waals surface area contributed by atoms with Crippen molar-refractivity contribution in [2.45, 2.75) is 27.2 Å². The van der Waals surface area contributed by atoms with Crippen molar-refractivity contribution in [2.75, 3.05) is 30.0 Å². The van der Waals surface area contributed by atoms with E-state index in [0.29, 0.717) is 17.0 Å². The molecule has 2 aromatic rings. The maximum atomic E-state index is 13.2. The Morgan fingerprint density at radius 3 is 2.32 bits per heavy atom. The van der Waals surface area contributed by atoms with E-state index < -0.39 is 11.8 Å². The highest BCUT2D eigenvalue weighted by Crippen LogP contribution is 2.29. The minimum absolute atomic E-state index is 0.00190. The number of benzene rings is 2. The Hall–Kier alpha value is -3.19. The molecule has 1 fully saturated rings. The van der Waals surface area contributed by atoms with Gasteiger partial charge in [-0.15, -0.1) is 0 Å². The molecule has 2 amide bonds. The summed E-state index contributed by atoms with van der Waals surface area (Å²) >= 11 is 5.28. The van der Waals surface area contributed by atoms with Crippen molar-refractivity contribution in [1.82, 2.24) is 5.32 Å². The number of aryl methyl sites for hydroxylation is 1. The molecule has 0 saturated carbocycles. The summed E-state index contributed by atoms with van der Waals surface area (Å²) in [7, 11) is 1.57. The average molecular weight is 438 g/mol. The molecule has 162 valence electrons. The van der Waals surface area contributed by atoms with E-state index in [9.17, 15) is 9.59 Å². The third-order valence-corrected chi connectivity index (χ3v) is 5.63. The first-order chi connectivity index (χ1) is 14.9. The van der Waals surface area contributed by atoms with E-state index in [0.717, 1.165) is 30.8 Å². The molecule has 3 rings (SSSR count). The smallest absolute Gasteiger partial charge is 0.270 e. The van der Waals surface area contributed by atoms with Crippen molar-refractivity contribution >= 4 is 46.6 Å². The largest absolute Gasteiger partial charge is 0.496 e. The molecule has 1 aliphatic heterocycles. The molecule has 2 aromatic carbocycles. The van der Waals surface area contributed by atoms with Gasteiger partial charge in [-0.2, -0.15) is 0 Å². The standard InChI is InChI=1S/C24H27N3O3S/c1-5-16-8-11-18(12-9-16)27-23(29)20(22(28)25-24(27)31)14-17-10-13-19(15-21(17)30-4)26(6-2)7-3/h8-15H,5-7H2,1-4H3,(H,25,28,31). The van der Waals surface area contributed by atoms with Gasteiger partial charge in [0.05, 0.1) is 12.8 Å². The summed E-state index contributed by atoms with van der Waals surface area (Å²) in [6.07, 6.45) is 2.45. The first-order valence-electron chi connectivity index (χ1n) is 10.4. The van der Waals surface area contributed by atoms with Crippen LogP contribution in [0.5, 0.6) is 5.75 Å². The number of ether oxygens (including phenoxy) is 1. The Balaban J connectivity index is 1.99. The quantitative estimate of drug-likeness (QED) is 0.404. The summed E-state index contributed by atoms with van der Waals surface area (Å²) in [5.74, 6) is -0.399. The Morgan fingerprint density at radius 1 is 1.06 bits per heavy atom. The van der Waals surface area contributed by atoms with Crippen LogP contribution >= 0.6 is 12.2 Å². The molecule has 1 saturated heterocycles. The molecule has 0 aliphatic carbocycles. The predicted octanol–water partition coefficient (Wildman–Crippen LogP) is 3.94. The number of carbonyl (C=O) groups is 2. The van der Waals surface area contributed by atoms with Gasteiger partial charge in [-0.1, -0.05) is 19.1 Å². The van der Waals surface area contributed by atoms with Gasteiger partial charge in [0.2, 0.25) is 0 Å². The first kappa shape index (κ1) is 22.5. The maximum absolute atomic E-state index is 13.2. The lowest BCUT2D eigenvalue weighted by molar-refractivity contribution is -0.122. The van der Waals surface area contributed by atoms with Crippen molar-refractivity contribution in [3.05, 3.63) is 59.2 Å². The molecule has 0 atom stereocenters. The molecule has 0 bridgehead atoms. The van der Waals surface area contributed by atoms with E-state index in [1.165, 1.54) is 4.90 Å². The van der Waals surface area contributed by atoms with Gasteiger partial charge in [0.1, 0.15) is 11.3 Å². The van der Waals surface area contributed by atoms with E-state index in [-0.39, 0.29) is 10.7 Å². The molecule has 0 aromatic heterocycles. The minimum Gasteiger partial charge on any atom is -0.496 e. The van der Waals surface area contributed by atoms with Crippen molar-refractivity contribution < 1.29 is 14.3 Å². The van der Waals surface area contributed by atoms with Crippen LogP contribution in [0.15, 0.2) is 48.0 Å². The van der Waals surface area contributed by atoms with Crippen LogP contribution in [0.3, 0.4) is 0 Å². The molecular formula is C24H27N3O3S. The van der Waals surface area contributed by atoms with Gasteiger partial charge < -0.3 is 9.64 Å². The number of hydrogen-bond donors (Lipinski definition) is 1. The van der Waals surface area contributed by atoms with Crippen LogP contribution in [0.1, 0.15) is 31.9 Å². The van der Waals surface area contributed by atoms with Gasteiger partial charge in [0.15, 0.2) is 5.11 Å². The van der Waals surface area contributed by atoms with Crippen LogP contribution in [-0.2, 0) is 16.0 Å². The van der Waals surface area contributed by atoms with E-state index >= 15 is 0 Å². The Kier molecular flexibility index (Phi) is 7.07. The van der Waals surface area contributed by atoms with Crippen LogP contribution in [0.4, 0.5) is 11.4 Å². The van der Waals surface area contributed by atoms with E-state index in [1.807, 2.05) is 42.5 Å². The molecule has 31 heavy (non-hydrogen) atoms. The highest BCUT2D eigenvalue weighted by Gasteiger charge is 2.34. The highest BCUT2D eigenvalue weighted by atomic mass is 32.1. The summed E-state index contributed by atoms with van der Waals surface area (Å²) in [5.41, 5.74) is 3.43. The number of methoxy groups -OCH3 is 1. The van der Waals surface area contributed by atoms with Crippen LogP contribution < -0.4 is 19.9 Å². The summed E-state index contributed by atoms with van der Waals surface area (Å²) in [4.78, 5) is 29.4. The number of nitrogens with zero attached hydrogens (tertiary/aromatic N) is 2. The lowest BCUT2D eigenvalue weighted by atomic mass is 10.0. The van der Waals surface area contributed by atoms with Gasteiger partial charge in [-0.05, 0) is 68.4 Å².